The molecule has 3 heterocycles. The van der Waals surface area contributed by atoms with E-state index in [2.05, 4.69) is 0 Å². The minimum absolute atomic E-state index is 0.130. The lowest BCUT2D eigenvalue weighted by Crippen LogP contribution is -2.78. The standard InChI is InChI=1S/C11H18BF3O5S/c1-4-7-10(21(16,17)11(13,14)15)8(5-2)19-12(18-7)20-9(10)6-3/h7-9H,4-6H2,1-3H3. The summed E-state index contributed by atoms with van der Waals surface area (Å²) >= 11 is 0. The molecule has 0 aliphatic carbocycles. The summed E-state index contributed by atoms with van der Waals surface area (Å²) in [5, 5.41) is 0. The molecule has 122 valence electrons. The fraction of sp³-hybridized carbons (Fsp3) is 1.00. The van der Waals surface area contributed by atoms with Crippen molar-refractivity contribution < 1.29 is 35.6 Å². The number of hydrogen-bond donors (Lipinski definition) is 0. The maximum atomic E-state index is 13.2. The molecule has 0 saturated carbocycles. The Morgan fingerprint density at radius 3 is 1.52 bits per heavy atom. The van der Waals surface area contributed by atoms with Crippen molar-refractivity contribution in [3.63, 3.8) is 0 Å². The second-order valence-electron chi connectivity index (χ2n) is 5.19. The van der Waals surface area contributed by atoms with Gasteiger partial charge in [0, 0.05) is 0 Å². The minimum atomic E-state index is -5.53. The largest absolute Gasteiger partial charge is 0.640 e. The molecule has 5 nitrogen and oxygen atoms in total. The van der Waals surface area contributed by atoms with Crippen LogP contribution >= 0.6 is 0 Å². The van der Waals surface area contributed by atoms with Gasteiger partial charge in [0.15, 0.2) is 4.75 Å². The van der Waals surface area contributed by atoms with E-state index in [4.69, 9.17) is 14.0 Å². The van der Waals surface area contributed by atoms with E-state index in [1.165, 1.54) is 0 Å². The zero-order valence-electron chi connectivity index (χ0n) is 12.0. The summed E-state index contributed by atoms with van der Waals surface area (Å²) in [6.07, 6.45) is -2.92. The molecule has 2 bridgehead atoms. The lowest BCUT2D eigenvalue weighted by atomic mass is 9.78. The van der Waals surface area contributed by atoms with E-state index in [-0.39, 0.29) is 19.3 Å². The molecule has 3 aliphatic rings. The summed E-state index contributed by atoms with van der Waals surface area (Å²) in [4.78, 5) is 0. The van der Waals surface area contributed by atoms with Gasteiger partial charge in [-0.25, -0.2) is 8.42 Å². The van der Waals surface area contributed by atoms with Crippen LogP contribution in [0.15, 0.2) is 0 Å². The lowest BCUT2D eigenvalue weighted by molar-refractivity contribution is -0.165. The summed E-state index contributed by atoms with van der Waals surface area (Å²) in [6, 6.07) is 0. The summed E-state index contributed by atoms with van der Waals surface area (Å²) in [5.41, 5.74) is -5.39. The van der Waals surface area contributed by atoms with Crippen LogP contribution in [-0.4, -0.2) is 44.3 Å². The van der Waals surface area contributed by atoms with Crippen molar-refractivity contribution in [2.45, 2.75) is 68.6 Å². The van der Waals surface area contributed by atoms with Gasteiger partial charge in [-0.1, -0.05) is 20.8 Å². The third-order valence-corrected chi connectivity index (χ3v) is 6.55. The maximum absolute atomic E-state index is 13.2. The second-order valence-corrected chi connectivity index (χ2v) is 7.37. The van der Waals surface area contributed by atoms with Crippen molar-refractivity contribution in [3.8, 4) is 0 Å². The van der Waals surface area contributed by atoms with E-state index in [1.807, 2.05) is 0 Å². The summed E-state index contributed by atoms with van der Waals surface area (Å²) < 4.78 is 77.9. The average molecular weight is 330 g/mol. The Bertz CT molecular complexity index is 459. The molecule has 21 heavy (non-hydrogen) atoms. The highest BCUT2D eigenvalue weighted by molar-refractivity contribution is 7.93. The molecule has 3 rings (SSSR count). The molecule has 0 aromatic carbocycles. The predicted molar refractivity (Wildman–Crippen MR) is 69.0 cm³/mol. The first kappa shape index (κ1) is 17.0. The molecule has 3 unspecified atom stereocenters. The molecule has 3 saturated heterocycles. The normalized spacial score (nSPS) is 37.0. The molecule has 0 aromatic rings. The molecular formula is C11H18BF3O5S. The van der Waals surface area contributed by atoms with Crippen LogP contribution in [0.25, 0.3) is 0 Å². The number of fused-ring (bicyclic) bond motifs is 3. The molecule has 3 atom stereocenters. The Morgan fingerprint density at radius 2 is 1.29 bits per heavy atom. The van der Waals surface area contributed by atoms with Crippen LogP contribution in [0.5, 0.6) is 0 Å². The van der Waals surface area contributed by atoms with E-state index in [9.17, 15) is 21.6 Å². The van der Waals surface area contributed by atoms with Gasteiger partial charge < -0.3 is 14.0 Å². The third-order valence-electron chi connectivity index (χ3n) is 4.22. The highest BCUT2D eigenvalue weighted by Crippen LogP contribution is 2.51. The number of halogens is 3. The van der Waals surface area contributed by atoms with Gasteiger partial charge >= 0.3 is 12.8 Å². The Hall–Kier alpha value is -0.315. The zero-order chi connectivity index (χ0) is 16.1. The fourth-order valence-electron chi connectivity index (χ4n) is 3.41. The highest BCUT2D eigenvalue weighted by atomic mass is 32.2. The molecule has 0 amide bonds. The van der Waals surface area contributed by atoms with E-state index in [0.717, 1.165) is 0 Å². The van der Waals surface area contributed by atoms with Crippen molar-refractivity contribution in [2.24, 2.45) is 0 Å². The van der Waals surface area contributed by atoms with Gasteiger partial charge in [0.25, 0.3) is 9.84 Å². The van der Waals surface area contributed by atoms with Crippen molar-refractivity contribution in [3.05, 3.63) is 0 Å². The van der Waals surface area contributed by atoms with E-state index in [0.29, 0.717) is 0 Å². The predicted octanol–water partition coefficient (Wildman–Crippen LogP) is 2.06. The number of rotatable bonds is 4. The fourth-order valence-corrected chi connectivity index (χ4v) is 5.51. The molecule has 0 aromatic heterocycles. The SMILES string of the molecule is CCC1OB2OC(CC)C1(S(=O)(=O)C(F)(F)F)C(CC)O2. The molecule has 3 aliphatic heterocycles. The molecule has 3 fully saturated rings. The third kappa shape index (κ3) is 2.14. The van der Waals surface area contributed by atoms with Gasteiger partial charge in [-0.2, -0.15) is 13.2 Å². The minimum Gasteiger partial charge on any atom is -0.381 e. The van der Waals surface area contributed by atoms with Crippen LogP contribution in [0.2, 0.25) is 0 Å². The van der Waals surface area contributed by atoms with Crippen LogP contribution in [0, 0.1) is 0 Å². The molecule has 0 spiro atoms. The Morgan fingerprint density at radius 1 is 0.952 bits per heavy atom. The van der Waals surface area contributed by atoms with Crippen LogP contribution in [-0.2, 0) is 23.8 Å². The van der Waals surface area contributed by atoms with Crippen LogP contribution in [0.3, 0.4) is 0 Å². The average Bonchev–Trinajstić information content (AvgIpc) is 2.44. The number of alkyl halides is 3. The van der Waals surface area contributed by atoms with Crippen molar-refractivity contribution in [1.82, 2.24) is 0 Å². The Balaban J connectivity index is 2.68. The van der Waals surface area contributed by atoms with Gasteiger partial charge in [0.1, 0.15) is 0 Å². The lowest BCUT2D eigenvalue weighted by Gasteiger charge is -2.57. The van der Waals surface area contributed by atoms with Crippen molar-refractivity contribution in [2.75, 3.05) is 0 Å². The van der Waals surface area contributed by atoms with Gasteiger partial charge in [-0.05, 0) is 19.3 Å². The number of hydrogen-bond acceptors (Lipinski definition) is 5. The first-order valence-electron chi connectivity index (χ1n) is 6.93. The topological polar surface area (TPSA) is 61.8 Å². The highest BCUT2D eigenvalue weighted by Gasteiger charge is 2.75. The first-order valence-corrected chi connectivity index (χ1v) is 8.42. The molecular weight excluding hydrogens is 312 g/mol. The van der Waals surface area contributed by atoms with Crippen LogP contribution in [0.4, 0.5) is 13.2 Å². The Labute approximate surface area is 122 Å². The molecule has 0 N–H and O–H groups in total. The van der Waals surface area contributed by atoms with Crippen LogP contribution in [0.1, 0.15) is 40.0 Å². The monoisotopic (exact) mass is 330 g/mol. The Kier molecular flexibility index (Phi) is 4.38. The van der Waals surface area contributed by atoms with E-state index in [1.54, 1.807) is 20.8 Å². The molecule has 10 heteroatoms. The second kappa shape index (κ2) is 5.40. The van der Waals surface area contributed by atoms with Gasteiger partial charge in [-0.15, -0.1) is 0 Å². The summed E-state index contributed by atoms with van der Waals surface area (Å²) in [7, 11) is -6.63. The van der Waals surface area contributed by atoms with Crippen LogP contribution < -0.4 is 0 Å². The quantitative estimate of drug-likeness (QED) is 0.739. The summed E-state index contributed by atoms with van der Waals surface area (Å²) in [6.45, 7) is 4.79. The maximum Gasteiger partial charge on any atom is 0.640 e. The van der Waals surface area contributed by atoms with Gasteiger partial charge in [0.05, 0.1) is 18.3 Å². The van der Waals surface area contributed by atoms with Crippen molar-refractivity contribution >= 4 is 17.2 Å². The smallest absolute Gasteiger partial charge is 0.381 e. The zero-order valence-corrected chi connectivity index (χ0v) is 12.8. The van der Waals surface area contributed by atoms with Gasteiger partial charge in [-0.3, -0.25) is 0 Å². The van der Waals surface area contributed by atoms with E-state index < -0.39 is 45.7 Å². The number of sulfone groups is 1. The first-order chi connectivity index (χ1) is 9.66. The van der Waals surface area contributed by atoms with E-state index >= 15 is 0 Å². The van der Waals surface area contributed by atoms with Gasteiger partial charge in [0.2, 0.25) is 0 Å². The molecule has 0 radical (unpaired) electrons. The summed E-state index contributed by atoms with van der Waals surface area (Å²) in [5.74, 6) is 0. The van der Waals surface area contributed by atoms with Crippen molar-refractivity contribution in [1.29, 1.82) is 0 Å².